The van der Waals surface area contributed by atoms with Crippen LogP contribution in [0.5, 0.6) is 0 Å². The van der Waals surface area contributed by atoms with E-state index in [4.69, 9.17) is 4.98 Å². The first kappa shape index (κ1) is 16.4. The molecule has 0 amide bonds. The first-order chi connectivity index (χ1) is 13.6. The molecule has 136 valence electrons. The van der Waals surface area contributed by atoms with Crippen molar-refractivity contribution < 1.29 is 4.39 Å². The van der Waals surface area contributed by atoms with E-state index in [-0.39, 0.29) is 11.4 Å². The number of hydrogen-bond donors (Lipinski definition) is 1. The second-order valence-corrected chi connectivity index (χ2v) is 6.67. The molecule has 3 heterocycles. The van der Waals surface area contributed by atoms with E-state index < -0.39 is 0 Å². The first-order valence-electron chi connectivity index (χ1n) is 8.84. The van der Waals surface area contributed by atoms with E-state index in [9.17, 15) is 9.18 Å². The number of aryl methyl sites for hydroxylation is 1. The summed E-state index contributed by atoms with van der Waals surface area (Å²) in [6, 6.07) is 17.3. The highest BCUT2D eigenvalue weighted by molar-refractivity contribution is 5.85. The standard InChI is InChI=1S/C22H15FN4O/c1-13-21(14-4-7-17(23)8-5-14)22-25-19(12-20(28)27(22)26-13)16-6-9-18-15(11-16)3-2-10-24-18/h2-12,26H,1H3. The molecule has 0 saturated heterocycles. The lowest BCUT2D eigenvalue weighted by Crippen LogP contribution is -2.14. The van der Waals surface area contributed by atoms with Crippen molar-refractivity contribution in [2.45, 2.75) is 6.92 Å². The average Bonchev–Trinajstić information content (AvgIpc) is 3.05. The summed E-state index contributed by atoms with van der Waals surface area (Å²) in [6.07, 6.45) is 1.75. The summed E-state index contributed by atoms with van der Waals surface area (Å²) < 4.78 is 14.8. The van der Waals surface area contributed by atoms with E-state index in [1.165, 1.54) is 22.7 Å². The van der Waals surface area contributed by atoms with Gasteiger partial charge in [0, 0.05) is 34.5 Å². The molecule has 6 heteroatoms. The molecule has 5 aromatic rings. The Morgan fingerprint density at radius 1 is 1.00 bits per heavy atom. The lowest BCUT2D eigenvalue weighted by atomic mass is 10.1. The number of benzene rings is 2. The van der Waals surface area contributed by atoms with Gasteiger partial charge in [0.1, 0.15) is 5.82 Å². The van der Waals surface area contributed by atoms with Gasteiger partial charge in [-0.15, -0.1) is 0 Å². The molecule has 5 rings (SSSR count). The molecule has 5 nitrogen and oxygen atoms in total. The molecule has 0 aliphatic rings. The molecule has 0 aliphatic heterocycles. The number of hydrogen-bond acceptors (Lipinski definition) is 3. The quantitative estimate of drug-likeness (QED) is 0.502. The Labute approximate surface area is 159 Å². The summed E-state index contributed by atoms with van der Waals surface area (Å²) in [5.41, 5.74) is 4.97. The van der Waals surface area contributed by atoms with Crippen molar-refractivity contribution in [3.8, 4) is 22.4 Å². The first-order valence-corrected chi connectivity index (χ1v) is 8.84. The summed E-state index contributed by atoms with van der Waals surface area (Å²) in [5, 5.41) is 4.03. The number of nitrogens with one attached hydrogen (secondary N) is 1. The third kappa shape index (κ3) is 2.58. The van der Waals surface area contributed by atoms with Crippen molar-refractivity contribution in [3.63, 3.8) is 0 Å². The maximum absolute atomic E-state index is 13.3. The number of aromatic amines is 1. The number of halogens is 1. The van der Waals surface area contributed by atoms with Crippen molar-refractivity contribution in [2.75, 3.05) is 0 Å². The largest absolute Gasteiger partial charge is 0.293 e. The molecule has 0 aliphatic carbocycles. The molecule has 0 radical (unpaired) electrons. The normalized spacial score (nSPS) is 11.4. The van der Waals surface area contributed by atoms with Gasteiger partial charge in [0.05, 0.1) is 11.2 Å². The Kier molecular flexibility index (Phi) is 3.58. The van der Waals surface area contributed by atoms with Gasteiger partial charge < -0.3 is 0 Å². The molecule has 0 fully saturated rings. The fraction of sp³-hybridized carbons (Fsp3) is 0.0455. The van der Waals surface area contributed by atoms with Crippen LogP contribution >= 0.6 is 0 Å². The molecule has 0 bridgehead atoms. The lowest BCUT2D eigenvalue weighted by molar-refractivity contribution is 0.628. The molecule has 3 aromatic heterocycles. The zero-order valence-corrected chi connectivity index (χ0v) is 15.0. The Balaban J connectivity index is 1.75. The fourth-order valence-electron chi connectivity index (χ4n) is 3.49. The number of nitrogens with zero attached hydrogens (tertiary/aromatic N) is 3. The summed E-state index contributed by atoms with van der Waals surface area (Å²) in [4.78, 5) is 21.8. The van der Waals surface area contributed by atoms with Gasteiger partial charge in [-0.1, -0.05) is 24.3 Å². The molecular weight excluding hydrogens is 355 g/mol. The van der Waals surface area contributed by atoms with Crippen molar-refractivity contribution >= 4 is 16.6 Å². The van der Waals surface area contributed by atoms with Crippen LogP contribution in [-0.2, 0) is 0 Å². The van der Waals surface area contributed by atoms with Crippen LogP contribution in [0.4, 0.5) is 4.39 Å². The van der Waals surface area contributed by atoms with Crippen molar-refractivity contribution in [2.24, 2.45) is 0 Å². The van der Waals surface area contributed by atoms with E-state index in [1.807, 2.05) is 37.3 Å². The average molecular weight is 370 g/mol. The predicted molar refractivity (Wildman–Crippen MR) is 107 cm³/mol. The van der Waals surface area contributed by atoms with Gasteiger partial charge in [-0.2, -0.15) is 0 Å². The van der Waals surface area contributed by atoms with E-state index >= 15 is 0 Å². The van der Waals surface area contributed by atoms with Gasteiger partial charge in [0.25, 0.3) is 5.56 Å². The van der Waals surface area contributed by atoms with Gasteiger partial charge in [-0.25, -0.2) is 13.9 Å². The van der Waals surface area contributed by atoms with E-state index in [1.54, 1.807) is 18.3 Å². The molecule has 0 saturated carbocycles. The zero-order valence-electron chi connectivity index (χ0n) is 15.0. The third-order valence-electron chi connectivity index (χ3n) is 4.83. The topological polar surface area (TPSA) is 63.0 Å². The highest BCUT2D eigenvalue weighted by Gasteiger charge is 2.15. The number of rotatable bonds is 2. The van der Waals surface area contributed by atoms with Crippen LogP contribution in [0.25, 0.3) is 38.9 Å². The van der Waals surface area contributed by atoms with Gasteiger partial charge >= 0.3 is 0 Å². The SMILES string of the molecule is Cc1[nH]n2c(=O)cc(-c3ccc4ncccc4c3)nc2c1-c1ccc(F)cc1. The summed E-state index contributed by atoms with van der Waals surface area (Å²) in [7, 11) is 0. The van der Waals surface area contributed by atoms with Crippen LogP contribution in [0.2, 0.25) is 0 Å². The second-order valence-electron chi connectivity index (χ2n) is 6.67. The Hall–Kier alpha value is -3.80. The molecule has 2 aromatic carbocycles. The predicted octanol–water partition coefficient (Wildman–Crippen LogP) is 4.35. The van der Waals surface area contributed by atoms with Crippen LogP contribution in [-0.4, -0.2) is 19.6 Å². The second kappa shape index (κ2) is 6.13. The zero-order chi connectivity index (χ0) is 19.3. The van der Waals surface area contributed by atoms with E-state index in [0.29, 0.717) is 11.3 Å². The maximum atomic E-state index is 13.3. The van der Waals surface area contributed by atoms with Crippen LogP contribution in [0, 0.1) is 12.7 Å². The minimum Gasteiger partial charge on any atom is -0.293 e. The Bertz CT molecular complexity index is 1400. The monoisotopic (exact) mass is 370 g/mol. The summed E-state index contributed by atoms with van der Waals surface area (Å²) in [6.45, 7) is 1.87. The van der Waals surface area contributed by atoms with Crippen LogP contribution in [0.3, 0.4) is 0 Å². The fourth-order valence-corrected chi connectivity index (χ4v) is 3.49. The van der Waals surface area contributed by atoms with E-state index in [0.717, 1.165) is 33.3 Å². The summed E-state index contributed by atoms with van der Waals surface area (Å²) >= 11 is 0. The molecule has 1 N–H and O–H groups in total. The molecule has 0 atom stereocenters. The van der Waals surface area contributed by atoms with Crippen molar-refractivity contribution in [1.29, 1.82) is 0 Å². The van der Waals surface area contributed by atoms with Crippen molar-refractivity contribution in [1.82, 2.24) is 19.6 Å². The highest BCUT2D eigenvalue weighted by Crippen LogP contribution is 2.28. The Morgan fingerprint density at radius 3 is 2.61 bits per heavy atom. The van der Waals surface area contributed by atoms with E-state index in [2.05, 4.69) is 10.1 Å². The number of H-pyrrole nitrogens is 1. The molecule has 28 heavy (non-hydrogen) atoms. The van der Waals surface area contributed by atoms with Crippen LogP contribution < -0.4 is 5.56 Å². The number of pyridine rings is 1. The number of fused-ring (bicyclic) bond motifs is 2. The van der Waals surface area contributed by atoms with Crippen molar-refractivity contribution in [3.05, 3.63) is 88.7 Å². The molecular formula is C22H15FN4O. The smallest absolute Gasteiger partial charge is 0.273 e. The highest BCUT2D eigenvalue weighted by atomic mass is 19.1. The van der Waals surface area contributed by atoms with Crippen LogP contribution in [0.15, 0.2) is 71.7 Å². The minimum absolute atomic E-state index is 0.206. The molecule has 0 unspecified atom stereocenters. The van der Waals surface area contributed by atoms with Gasteiger partial charge in [-0.3, -0.25) is 14.9 Å². The Morgan fingerprint density at radius 2 is 1.79 bits per heavy atom. The van der Waals surface area contributed by atoms with Gasteiger partial charge in [0.15, 0.2) is 5.65 Å². The number of aromatic nitrogens is 4. The summed E-state index contributed by atoms with van der Waals surface area (Å²) in [5.74, 6) is -0.308. The maximum Gasteiger partial charge on any atom is 0.273 e. The third-order valence-corrected chi connectivity index (χ3v) is 4.83. The molecule has 0 spiro atoms. The lowest BCUT2D eigenvalue weighted by Gasteiger charge is -2.05. The van der Waals surface area contributed by atoms with Gasteiger partial charge in [-0.05, 0) is 42.8 Å². The van der Waals surface area contributed by atoms with Gasteiger partial charge in [0.2, 0.25) is 0 Å². The minimum atomic E-state index is -0.308. The van der Waals surface area contributed by atoms with Crippen LogP contribution in [0.1, 0.15) is 5.69 Å².